The number of aliphatic hydroxyl groups is 3. The topological polar surface area (TPSA) is 79.2 Å². The Morgan fingerprint density at radius 1 is 1.23 bits per heavy atom. The van der Waals surface area contributed by atoms with Gasteiger partial charge >= 0.3 is 0 Å². The van der Waals surface area contributed by atoms with Crippen molar-refractivity contribution < 1.29 is 29.2 Å². The molecule has 5 atom stereocenters. The van der Waals surface area contributed by atoms with E-state index < -0.39 is 37.4 Å². The highest BCUT2D eigenvalue weighted by atomic mass is 18.2. The fourth-order valence-corrected chi connectivity index (χ4v) is 1.24. The van der Waals surface area contributed by atoms with Crippen molar-refractivity contribution in [3.8, 4) is 0 Å². The summed E-state index contributed by atoms with van der Waals surface area (Å²) in [6.07, 6.45) is -6.48. The van der Waals surface area contributed by atoms with E-state index in [-0.39, 0.29) is 0 Å². The van der Waals surface area contributed by atoms with E-state index in [1.54, 1.807) is 0 Å². The number of methoxy groups -OCH3 is 1. The summed E-state index contributed by atoms with van der Waals surface area (Å²) >= 11 is 0. The van der Waals surface area contributed by atoms with E-state index in [0.29, 0.717) is 0 Å². The molecule has 1 aliphatic heterocycles. The van der Waals surface area contributed by atoms with Crippen molar-refractivity contribution in [2.75, 3.05) is 13.8 Å². The second-order valence-corrected chi connectivity index (χ2v) is 2.90. The van der Waals surface area contributed by atoms with Crippen LogP contribution in [0.15, 0.2) is 0 Å². The molecule has 0 radical (unpaired) electrons. The Morgan fingerprint density at radius 3 is 2.31 bits per heavy atom. The van der Waals surface area contributed by atoms with Gasteiger partial charge < -0.3 is 24.8 Å². The third-order valence-corrected chi connectivity index (χ3v) is 2.05. The highest BCUT2D eigenvalue weighted by Gasteiger charge is 2.43. The fraction of sp³-hybridized carbons (Fsp3) is 1.00. The van der Waals surface area contributed by atoms with Crippen LogP contribution in [0, 0.1) is 0 Å². The molecule has 0 aromatic rings. The first-order chi connectivity index (χ1) is 6.11. The normalized spacial score (nSPS) is 46.4. The smallest absolute Gasteiger partial charge is 0.186 e. The van der Waals surface area contributed by atoms with Crippen LogP contribution in [-0.4, -0.2) is 59.8 Å². The van der Waals surface area contributed by atoms with E-state index >= 15 is 0 Å². The minimum atomic E-state index is -1.44. The number of ether oxygens (including phenoxy) is 2. The molecule has 0 saturated carbocycles. The minimum absolute atomic E-state index is 0.940. The summed E-state index contributed by atoms with van der Waals surface area (Å²) in [7, 11) is 1.26. The van der Waals surface area contributed by atoms with Crippen molar-refractivity contribution in [2.24, 2.45) is 0 Å². The minimum Gasteiger partial charge on any atom is -0.387 e. The second-order valence-electron chi connectivity index (χ2n) is 2.90. The molecule has 78 valence electrons. The van der Waals surface area contributed by atoms with Crippen LogP contribution in [0.25, 0.3) is 0 Å². The van der Waals surface area contributed by atoms with Gasteiger partial charge in [-0.05, 0) is 0 Å². The van der Waals surface area contributed by atoms with Gasteiger partial charge in [0.1, 0.15) is 31.1 Å². The summed E-state index contributed by atoms with van der Waals surface area (Å²) in [5.74, 6) is 0. The Bertz CT molecular complexity index is 147. The van der Waals surface area contributed by atoms with Crippen molar-refractivity contribution in [1.82, 2.24) is 0 Å². The average Bonchev–Trinajstić information content (AvgIpc) is 2.15. The standard InChI is InChI=1S/C7H13FO5/c1-12-7-6(11)5(10)4(9)3(2-8)13-7/h3-7,9-11H,2H2,1H3/t3-,4+,5+,6-,7?/m1/s1/i8-1. The number of hydrogen-bond donors (Lipinski definition) is 3. The van der Waals surface area contributed by atoms with Crippen molar-refractivity contribution >= 4 is 0 Å². The van der Waals surface area contributed by atoms with Gasteiger partial charge in [0.2, 0.25) is 0 Å². The molecule has 6 heteroatoms. The fourth-order valence-electron chi connectivity index (χ4n) is 1.24. The van der Waals surface area contributed by atoms with Crippen LogP contribution in [0.1, 0.15) is 0 Å². The second kappa shape index (κ2) is 4.30. The maximum absolute atomic E-state index is 12.2. The van der Waals surface area contributed by atoms with Gasteiger partial charge in [0, 0.05) is 7.11 Å². The lowest BCUT2D eigenvalue weighted by molar-refractivity contribution is -0.291. The molecule has 1 saturated heterocycles. The molecule has 3 N–H and O–H groups in total. The molecule has 1 unspecified atom stereocenters. The van der Waals surface area contributed by atoms with Crippen molar-refractivity contribution in [2.45, 2.75) is 30.7 Å². The number of halogens is 1. The first kappa shape index (κ1) is 10.8. The zero-order valence-electron chi connectivity index (χ0n) is 7.13. The lowest BCUT2D eigenvalue weighted by atomic mass is 10.00. The van der Waals surface area contributed by atoms with Crippen LogP contribution in [0.3, 0.4) is 0 Å². The Morgan fingerprint density at radius 2 is 1.85 bits per heavy atom. The Hall–Kier alpha value is -0.270. The first-order valence-corrected chi connectivity index (χ1v) is 3.90. The number of rotatable bonds is 2. The van der Waals surface area contributed by atoms with Gasteiger partial charge in [-0.2, -0.15) is 0 Å². The molecule has 0 aromatic heterocycles. The highest BCUT2D eigenvalue weighted by Crippen LogP contribution is 2.21. The van der Waals surface area contributed by atoms with Crippen LogP contribution in [0.2, 0.25) is 0 Å². The summed E-state index contributed by atoms with van der Waals surface area (Å²) in [6, 6.07) is 0. The van der Waals surface area contributed by atoms with E-state index in [1.165, 1.54) is 7.11 Å². The van der Waals surface area contributed by atoms with Crippen LogP contribution >= 0.6 is 0 Å². The van der Waals surface area contributed by atoms with Gasteiger partial charge in [0.05, 0.1) is 0 Å². The molecule has 1 heterocycles. The highest BCUT2D eigenvalue weighted by molar-refractivity contribution is 4.88. The number of hydrogen-bond acceptors (Lipinski definition) is 5. The molecule has 0 aliphatic carbocycles. The van der Waals surface area contributed by atoms with E-state index in [2.05, 4.69) is 4.74 Å². The van der Waals surface area contributed by atoms with Gasteiger partial charge in [-0.3, -0.25) is 0 Å². The van der Waals surface area contributed by atoms with Crippen molar-refractivity contribution in [3.05, 3.63) is 0 Å². The molecule has 1 fully saturated rings. The lowest BCUT2D eigenvalue weighted by Crippen LogP contribution is -2.58. The summed E-state index contributed by atoms with van der Waals surface area (Å²) in [5.41, 5.74) is 0. The van der Waals surface area contributed by atoms with Gasteiger partial charge in [-0.15, -0.1) is 0 Å². The van der Waals surface area contributed by atoms with E-state index in [1.807, 2.05) is 0 Å². The van der Waals surface area contributed by atoms with Gasteiger partial charge in [-0.1, -0.05) is 0 Å². The average molecular weight is 195 g/mol. The number of aliphatic hydroxyl groups excluding tert-OH is 3. The molecule has 5 nitrogen and oxygen atoms in total. The zero-order valence-corrected chi connectivity index (χ0v) is 7.13. The predicted molar refractivity (Wildman–Crippen MR) is 39.7 cm³/mol. The van der Waals surface area contributed by atoms with Crippen LogP contribution in [0.4, 0.5) is 4.39 Å². The Labute approximate surface area is 74.7 Å². The predicted octanol–water partition coefficient (Wildman–Crippen LogP) is -1.59. The van der Waals surface area contributed by atoms with Gasteiger partial charge in [0.15, 0.2) is 6.29 Å². The van der Waals surface area contributed by atoms with Gasteiger partial charge in [-0.25, -0.2) is 4.39 Å². The summed E-state index contributed by atoms with van der Waals surface area (Å²) < 4.78 is 21.7. The van der Waals surface area contributed by atoms with Crippen LogP contribution in [0.5, 0.6) is 0 Å². The van der Waals surface area contributed by atoms with Crippen molar-refractivity contribution in [1.29, 1.82) is 0 Å². The molecule has 0 spiro atoms. The molecular formula is C7H13FO5. The summed E-state index contributed by atoms with van der Waals surface area (Å²) in [5, 5.41) is 27.7. The molecular weight excluding hydrogens is 182 g/mol. The van der Waals surface area contributed by atoms with E-state index in [9.17, 15) is 19.7 Å². The molecule has 0 bridgehead atoms. The lowest BCUT2D eigenvalue weighted by Gasteiger charge is -2.38. The third kappa shape index (κ3) is 1.97. The zero-order chi connectivity index (χ0) is 10.0. The van der Waals surface area contributed by atoms with Crippen LogP contribution in [-0.2, 0) is 9.47 Å². The Kier molecular flexibility index (Phi) is 3.57. The monoisotopic (exact) mass is 195 g/mol. The Balaban J connectivity index is 2.66. The largest absolute Gasteiger partial charge is 0.387 e. The SMILES string of the molecule is COC1O[C@H](C[18F])[C@H](O)[C@H](O)[C@H]1O. The third-order valence-electron chi connectivity index (χ3n) is 2.05. The first-order valence-electron chi connectivity index (χ1n) is 3.90. The molecule has 1 rings (SSSR count). The van der Waals surface area contributed by atoms with E-state index in [4.69, 9.17) is 4.74 Å². The molecule has 0 aromatic carbocycles. The molecule has 0 amide bonds. The molecule has 1 aliphatic rings. The summed E-state index contributed by atoms with van der Waals surface area (Å²) in [6.45, 7) is -0.940. The number of alkyl halides is 1. The summed E-state index contributed by atoms with van der Waals surface area (Å²) in [4.78, 5) is 0. The maximum Gasteiger partial charge on any atom is 0.186 e. The van der Waals surface area contributed by atoms with Crippen LogP contribution < -0.4 is 0 Å². The van der Waals surface area contributed by atoms with Gasteiger partial charge in [0.25, 0.3) is 0 Å². The maximum atomic E-state index is 12.2. The van der Waals surface area contributed by atoms with Crippen molar-refractivity contribution in [3.63, 3.8) is 0 Å². The molecule has 13 heavy (non-hydrogen) atoms. The quantitative estimate of drug-likeness (QED) is 0.495. The van der Waals surface area contributed by atoms with E-state index in [0.717, 1.165) is 0 Å².